The molecule has 0 fully saturated rings. The van der Waals surface area contributed by atoms with Crippen molar-refractivity contribution < 1.29 is 33.7 Å². The highest BCUT2D eigenvalue weighted by molar-refractivity contribution is 5.90. The summed E-state index contributed by atoms with van der Waals surface area (Å²) in [5, 5.41) is 15.0. The molecule has 3 atom stereocenters. The molecule has 0 aromatic heterocycles. The number of aliphatic hydroxyl groups is 1. The first-order chi connectivity index (χ1) is 18.4. The molecule has 0 aliphatic heterocycles. The second-order valence-corrected chi connectivity index (χ2v) is 8.63. The molecular formula is C29H32N2O7. The fourth-order valence-corrected chi connectivity index (χ4v) is 3.59. The van der Waals surface area contributed by atoms with E-state index in [1.54, 1.807) is 48.5 Å². The lowest BCUT2D eigenvalue weighted by Crippen LogP contribution is -2.56. The van der Waals surface area contributed by atoms with Gasteiger partial charge in [-0.3, -0.25) is 4.79 Å². The Morgan fingerprint density at radius 3 is 1.92 bits per heavy atom. The Balaban J connectivity index is 1.57. The minimum atomic E-state index is -1.35. The van der Waals surface area contributed by atoms with Gasteiger partial charge in [-0.15, -0.1) is 0 Å². The van der Waals surface area contributed by atoms with E-state index in [4.69, 9.17) is 14.2 Å². The number of rotatable bonds is 12. The van der Waals surface area contributed by atoms with Crippen LogP contribution < -0.4 is 15.4 Å². The maximum atomic E-state index is 12.9. The lowest BCUT2D eigenvalue weighted by molar-refractivity contribution is -0.145. The highest BCUT2D eigenvalue weighted by Gasteiger charge is 2.30. The SMILES string of the molecule is COC(=O)[C@H](Cc1ccc(OCc2ccccc2)cc1)NC(=O)[C@@H](NC(=O)OCc1ccccc1)[C@@H](C)O. The van der Waals surface area contributed by atoms with E-state index in [9.17, 15) is 19.5 Å². The summed E-state index contributed by atoms with van der Waals surface area (Å²) in [7, 11) is 1.22. The Kier molecular flexibility index (Phi) is 10.7. The van der Waals surface area contributed by atoms with Crippen LogP contribution in [0.4, 0.5) is 4.79 Å². The minimum absolute atomic E-state index is 0.00331. The van der Waals surface area contributed by atoms with Gasteiger partial charge in [-0.05, 0) is 35.7 Å². The van der Waals surface area contributed by atoms with Gasteiger partial charge >= 0.3 is 12.1 Å². The molecule has 0 bridgehead atoms. The molecular weight excluding hydrogens is 488 g/mol. The summed E-state index contributed by atoms with van der Waals surface area (Å²) in [6.07, 6.45) is -2.00. The number of nitrogens with one attached hydrogen (secondary N) is 2. The second-order valence-electron chi connectivity index (χ2n) is 8.63. The molecule has 2 amide bonds. The van der Waals surface area contributed by atoms with Crippen molar-refractivity contribution in [3.63, 3.8) is 0 Å². The Labute approximate surface area is 221 Å². The van der Waals surface area contributed by atoms with Crippen LogP contribution in [0, 0.1) is 0 Å². The molecule has 9 heteroatoms. The van der Waals surface area contributed by atoms with Gasteiger partial charge in [0.25, 0.3) is 0 Å². The number of hydrogen-bond donors (Lipinski definition) is 3. The topological polar surface area (TPSA) is 123 Å². The first-order valence-corrected chi connectivity index (χ1v) is 12.1. The second kappa shape index (κ2) is 14.4. The van der Waals surface area contributed by atoms with Crippen molar-refractivity contribution >= 4 is 18.0 Å². The Morgan fingerprint density at radius 1 is 0.789 bits per heavy atom. The molecule has 0 saturated carbocycles. The van der Waals surface area contributed by atoms with Crippen molar-refractivity contribution in [1.29, 1.82) is 0 Å². The molecule has 9 nitrogen and oxygen atoms in total. The van der Waals surface area contributed by atoms with Gasteiger partial charge in [0.1, 0.15) is 31.0 Å². The third-order valence-corrected chi connectivity index (χ3v) is 5.66. The number of aliphatic hydroxyl groups excluding tert-OH is 1. The predicted molar refractivity (Wildman–Crippen MR) is 140 cm³/mol. The van der Waals surface area contributed by atoms with Gasteiger partial charge in [0, 0.05) is 6.42 Å². The molecule has 0 aliphatic carbocycles. The summed E-state index contributed by atoms with van der Waals surface area (Å²) in [5.41, 5.74) is 2.55. The lowest BCUT2D eigenvalue weighted by Gasteiger charge is -2.24. The summed E-state index contributed by atoms with van der Waals surface area (Å²) < 4.78 is 15.8. The van der Waals surface area contributed by atoms with Gasteiger partial charge < -0.3 is 30.0 Å². The number of ether oxygens (including phenoxy) is 3. The molecule has 0 radical (unpaired) electrons. The van der Waals surface area contributed by atoms with Gasteiger partial charge in [-0.1, -0.05) is 72.8 Å². The van der Waals surface area contributed by atoms with Crippen molar-refractivity contribution in [2.75, 3.05) is 7.11 Å². The zero-order valence-electron chi connectivity index (χ0n) is 21.3. The summed E-state index contributed by atoms with van der Waals surface area (Å²) >= 11 is 0. The summed E-state index contributed by atoms with van der Waals surface area (Å²) in [6.45, 7) is 1.77. The third-order valence-electron chi connectivity index (χ3n) is 5.66. The van der Waals surface area contributed by atoms with Gasteiger partial charge in [0.2, 0.25) is 5.91 Å². The van der Waals surface area contributed by atoms with Crippen LogP contribution in [0.2, 0.25) is 0 Å². The number of amides is 2. The third kappa shape index (κ3) is 8.94. The molecule has 38 heavy (non-hydrogen) atoms. The van der Waals surface area contributed by atoms with Crippen molar-refractivity contribution in [2.45, 2.75) is 44.7 Å². The number of carbonyl (C=O) groups excluding carboxylic acids is 3. The predicted octanol–water partition coefficient (Wildman–Crippen LogP) is 3.14. The number of esters is 1. The number of hydrogen-bond acceptors (Lipinski definition) is 7. The number of methoxy groups -OCH3 is 1. The average Bonchev–Trinajstić information content (AvgIpc) is 2.94. The molecule has 0 spiro atoms. The van der Waals surface area contributed by atoms with Gasteiger partial charge in [-0.25, -0.2) is 9.59 Å². The Bertz CT molecular complexity index is 1170. The number of alkyl carbamates (subject to hydrolysis) is 1. The molecule has 200 valence electrons. The summed E-state index contributed by atoms with van der Waals surface area (Å²) in [5.74, 6) is -0.766. The van der Waals surface area contributed by atoms with Crippen LogP contribution >= 0.6 is 0 Å². The minimum Gasteiger partial charge on any atom is -0.489 e. The first kappa shape index (κ1) is 28.2. The van der Waals surface area contributed by atoms with Crippen LogP contribution in [0.3, 0.4) is 0 Å². The molecule has 0 saturated heterocycles. The van der Waals surface area contributed by atoms with E-state index in [0.717, 1.165) is 16.7 Å². The van der Waals surface area contributed by atoms with E-state index in [-0.39, 0.29) is 13.0 Å². The smallest absolute Gasteiger partial charge is 0.408 e. The summed E-state index contributed by atoms with van der Waals surface area (Å²) in [4.78, 5) is 37.6. The number of benzene rings is 3. The lowest BCUT2D eigenvalue weighted by atomic mass is 10.0. The van der Waals surface area contributed by atoms with E-state index in [0.29, 0.717) is 12.4 Å². The van der Waals surface area contributed by atoms with Crippen LogP contribution in [0.25, 0.3) is 0 Å². The van der Waals surface area contributed by atoms with E-state index < -0.39 is 36.2 Å². The zero-order chi connectivity index (χ0) is 27.3. The highest BCUT2D eigenvalue weighted by atomic mass is 16.5. The van der Waals surface area contributed by atoms with Crippen LogP contribution in [-0.4, -0.2) is 48.4 Å². The molecule has 3 aromatic carbocycles. The average molecular weight is 521 g/mol. The van der Waals surface area contributed by atoms with Crippen molar-refractivity contribution in [3.05, 3.63) is 102 Å². The maximum Gasteiger partial charge on any atom is 0.408 e. The molecule has 3 rings (SSSR count). The van der Waals surface area contributed by atoms with Crippen LogP contribution in [-0.2, 0) is 38.7 Å². The molecule has 0 heterocycles. The van der Waals surface area contributed by atoms with E-state index in [2.05, 4.69) is 10.6 Å². The van der Waals surface area contributed by atoms with E-state index >= 15 is 0 Å². The Hall–Kier alpha value is -4.37. The van der Waals surface area contributed by atoms with Gasteiger partial charge in [0.15, 0.2) is 0 Å². The fraction of sp³-hybridized carbons (Fsp3) is 0.276. The quantitative estimate of drug-likeness (QED) is 0.314. The van der Waals surface area contributed by atoms with E-state index in [1.807, 2.05) is 36.4 Å². The molecule has 0 aliphatic rings. The zero-order valence-corrected chi connectivity index (χ0v) is 21.3. The van der Waals surface area contributed by atoms with Crippen LogP contribution in [0.5, 0.6) is 5.75 Å². The van der Waals surface area contributed by atoms with Crippen LogP contribution in [0.1, 0.15) is 23.6 Å². The normalized spacial score (nSPS) is 12.9. The van der Waals surface area contributed by atoms with Gasteiger partial charge in [-0.2, -0.15) is 0 Å². The fourth-order valence-electron chi connectivity index (χ4n) is 3.59. The molecule has 3 aromatic rings. The molecule has 3 N–H and O–H groups in total. The van der Waals surface area contributed by atoms with Crippen molar-refractivity contribution in [2.24, 2.45) is 0 Å². The molecule has 0 unspecified atom stereocenters. The monoisotopic (exact) mass is 520 g/mol. The number of carbonyl (C=O) groups is 3. The van der Waals surface area contributed by atoms with E-state index in [1.165, 1.54) is 14.0 Å². The Morgan fingerprint density at radius 2 is 1.37 bits per heavy atom. The standard InChI is InChI=1S/C29H32N2O7/c1-20(32)26(31-29(35)38-19-23-11-7-4-8-12-23)27(33)30-25(28(34)36-2)17-21-13-15-24(16-14-21)37-18-22-9-5-3-6-10-22/h3-16,20,25-26,32H,17-19H2,1-2H3,(H,30,33)(H,31,35)/t20-,25+,26+/m1/s1. The maximum absolute atomic E-state index is 12.9. The van der Waals surface area contributed by atoms with Crippen molar-refractivity contribution in [1.82, 2.24) is 10.6 Å². The largest absolute Gasteiger partial charge is 0.489 e. The van der Waals surface area contributed by atoms with Crippen molar-refractivity contribution in [3.8, 4) is 5.75 Å². The summed E-state index contributed by atoms with van der Waals surface area (Å²) in [6, 6.07) is 23.5. The van der Waals surface area contributed by atoms with Crippen LogP contribution in [0.15, 0.2) is 84.9 Å². The van der Waals surface area contributed by atoms with Gasteiger partial charge in [0.05, 0.1) is 13.2 Å². The first-order valence-electron chi connectivity index (χ1n) is 12.1. The highest BCUT2D eigenvalue weighted by Crippen LogP contribution is 2.16.